The van der Waals surface area contributed by atoms with Crippen LogP contribution in [0.25, 0.3) is 11.4 Å². The molecule has 12 heteroatoms. The number of hydrogen-bond acceptors (Lipinski definition) is 8. The zero-order valence-corrected chi connectivity index (χ0v) is 15.8. The van der Waals surface area contributed by atoms with Gasteiger partial charge in [-0.3, -0.25) is 10.1 Å². The van der Waals surface area contributed by atoms with E-state index in [0.717, 1.165) is 11.6 Å². The molecule has 0 amide bonds. The molecule has 0 aliphatic heterocycles. The van der Waals surface area contributed by atoms with Crippen molar-refractivity contribution in [2.75, 3.05) is 11.9 Å². The Labute approximate surface area is 164 Å². The van der Waals surface area contributed by atoms with Gasteiger partial charge in [0.1, 0.15) is 5.69 Å². The fourth-order valence-corrected chi connectivity index (χ4v) is 3.03. The molecular formula is C16H14ClN5O5S. The standard InChI is InChI=1S/C16H14ClN5O5S/c17-11-3-1-10(2-4-11)16-20-15(27-21-16)7-8-19-13-6-5-12(28(18,25)26)9-14(13)22(23)24/h1-6,9,19H,7-8H2,(H2,18,25,26). The number of primary sulfonamides is 1. The summed E-state index contributed by atoms with van der Waals surface area (Å²) in [4.78, 5) is 14.4. The molecule has 0 saturated heterocycles. The molecular weight excluding hydrogens is 410 g/mol. The summed E-state index contributed by atoms with van der Waals surface area (Å²) in [5.74, 6) is 0.733. The van der Waals surface area contributed by atoms with Crippen molar-refractivity contribution >= 4 is 33.0 Å². The largest absolute Gasteiger partial charge is 0.379 e. The molecule has 0 unspecified atom stereocenters. The van der Waals surface area contributed by atoms with Gasteiger partial charge in [0, 0.05) is 29.6 Å². The van der Waals surface area contributed by atoms with Gasteiger partial charge in [-0.2, -0.15) is 4.98 Å². The van der Waals surface area contributed by atoms with Crippen LogP contribution >= 0.6 is 11.6 Å². The first-order valence-corrected chi connectivity index (χ1v) is 9.80. The van der Waals surface area contributed by atoms with Gasteiger partial charge in [-0.25, -0.2) is 13.6 Å². The Morgan fingerprint density at radius 1 is 1.21 bits per heavy atom. The summed E-state index contributed by atoms with van der Waals surface area (Å²) in [6, 6.07) is 10.3. The second-order valence-electron chi connectivity index (χ2n) is 5.68. The van der Waals surface area contributed by atoms with Gasteiger partial charge in [0.2, 0.25) is 21.7 Å². The second-order valence-corrected chi connectivity index (χ2v) is 7.67. The molecule has 0 radical (unpaired) electrons. The van der Waals surface area contributed by atoms with Crippen LogP contribution in [0.15, 0.2) is 51.9 Å². The van der Waals surface area contributed by atoms with Crippen LogP contribution in [0.4, 0.5) is 11.4 Å². The minimum Gasteiger partial charge on any atom is -0.379 e. The first-order chi connectivity index (χ1) is 13.2. The average molecular weight is 424 g/mol. The Morgan fingerprint density at radius 3 is 2.57 bits per heavy atom. The first kappa shape index (κ1) is 19.7. The highest BCUT2D eigenvalue weighted by Crippen LogP contribution is 2.27. The third-order valence-electron chi connectivity index (χ3n) is 3.72. The Morgan fingerprint density at radius 2 is 1.93 bits per heavy atom. The molecule has 28 heavy (non-hydrogen) atoms. The molecule has 10 nitrogen and oxygen atoms in total. The van der Waals surface area contributed by atoms with Gasteiger partial charge in [-0.05, 0) is 36.4 Å². The molecule has 3 aromatic rings. The summed E-state index contributed by atoms with van der Waals surface area (Å²) in [6.45, 7) is 0.248. The van der Waals surface area contributed by atoms with E-state index in [1.807, 2.05) is 0 Å². The minimum absolute atomic E-state index is 0.148. The highest BCUT2D eigenvalue weighted by Gasteiger charge is 2.19. The number of nitrogens with zero attached hydrogens (tertiary/aromatic N) is 3. The number of sulfonamides is 1. The van der Waals surface area contributed by atoms with Crippen molar-refractivity contribution in [2.24, 2.45) is 5.14 Å². The summed E-state index contributed by atoms with van der Waals surface area (Å²) in [7, 11) is -4.04. The van der Waals surface area contributed by atoms with Crippen LogP contribution < -0.4 is 10.5 Å². The number of benzene rings is 2. The topological polar surface area (TPSA) is 154 Å². The fourth-order valence-electron chi connectivity index (χ4n) is 2.37. The Hall–Kier alpha value is -3.02. The van der Waals surface area contributed by atoms with Gasteiger partial charge in [-0.1, -0.05) is 16.8 Å². The second kappa shape index (κ2) is 7.92. The molecule has 0 aliphatic rings. The third-order valence-corrected chi connectivity index (χ3v) is 4.88. The maximum atomic E-state index is 11.4. The van der Waals surface area contributed by atoms with Crippen molar-refractivity contribution in [2.45, 2.75) is 11.3 Å². The lowest BCUT2D eigenvalue weighted by Gasteiger charge is -2.07. The van der Waals surface area contributed by atoms with E-state index >= 15 is 0 Å². The highest BCUT2D eigenvalue weighted by atomic mass is 35.5. The van der Waals surface area contributed by atoms with Crippen LogP contribution in [0.2, 0.25) is 5.02 Å². The molecule has 3 rings (SSSR count). The molecule has 0 fully saturated rings. The van der Waals surface area contributed by atoms with Crippen molar-refractivity contribution < 1.29 is 17.9 Å². The number of halogens is 1. The van der Waals surface area contributed by atoms with E-state index in [9.17, 15) is 18.5 Å². The summed E-state index contributed by atoms with van der Waals surface area (Å²) in [5, 5.41) is 23.5. The van der Waals surface area contributed by atoms with E-state index in [0.29, 0.717) is 23.2 Å². The third kappa shape index (κ3) is 4.63. The Kier molecular flexibility index (Phi) is 5.58. The van der Waals surface area contributed by atoms with E-state index in [4.69, 9.17) is 21.3 Å². The van der Waals surface area contributed by atoms with E-state index in [2.05, 4.69) is 15.5 Å². The molecule has 2 aromatic carbocycles. The zero-order valence-electron chi connectivity index (χ0n) is 14.2. The van der Waals surface area contributed by atoms with Gasteiger partial charge >= 0.3 is 0 Å². The number of rotatable bonds is 7. The molecule has 0 aliphatic carbocycles. The van der Waals surface area contributed by atoms with Crippen LogP contribution in [-0.2, 0) is 16.4 Å². The molecule has 3 N–H and O–H groups in total. The van der Waals surface area contributed by atoms with Crippen molar-refractivity contribution in [1.29, 1.82) is 0 Å². The number of hydrogen-bond donors (Lipinski definition) is 2. The lowest BCUT2D eigenvalue weighted by atomic mass is 10.2. The zero-order chi connectivity index (χ0) is 20.3. The average Bonchev–Trinajstić information content (AvgIpc) is 3.10. The summed E-state index contributed by atoms with van der Waals surface area (Å²) in [6.07, 6.45) is 0.300. The number of aromatic nitrogens is 2. The summed E-state index contributed by atoms with van der Waals surface area (Å²) in [5.41, 5.74) is 0.482. The van der Waals surface area contributed by atoms with Crippen LogP contribution in [0.3, 0.4) is 0 Å². The van der Waals surface area contributed by atoms with Crippen molar-refractivity contribution in [3.05, 3.63) is 63.5 Å². The predicted molar refractivity (Wildman–Crippen MR) is 101 cm³/mol. The van der Waals surface area contributed by atoms with Gasteiger partial charge < -0.3 is 9.84 Å². The monoisotopic (exact) mass is 423 g/mol. The lowest BCUT2D eigenvalue weighted by Crippen LogP contribution is -2.13. The summed E-state index contributed by atoms with van der Waals surface area (Å²) < 4.78 is 27.9. The fraction of sp³-hybridized carbons (Fsp3) is 0.125. The maximum absolute atomic E-state index is 11.4. The number of nitro benzene ring substituents is 1. The first-order valence-electron chi connectivity index (χ1n) is 7.87. The molecule has 0 saturated carbocycles. The van der Waals surface area contributed by atoms with Gasteiger partial charge in [0.05, 0.1) is 9.82 Å². The maximum Gasteiger partial charge on any atom is 0.293 e. The quantitative estimate of drug-likeness (QED) is 0.434. The highest BCUT2D eigenvalue weighted by molar-refractivity contribution is 7.89. The normalized spacial score (nSPS) is 11.4. The van der Waals surface area contributed by atoms with Gasteiger partial charge in [0.25, 0.3) is 5.69 Å². The minimum atomic E-state index is -4.04. The van der Waals surface area contributed by atoms with E-state index in [1.165, 1.54) is 12.1 Å². The molecule has 1 heterocycles. The Bertz CT molecular complexity index is 1110. The van der Waals surface area contributed by atoms with E-state index < -0.39 is 20.6 Å². The van der Waals surface area contributed by atoms with E-state index in [-0.39, 0.29) is 17.1 Å². The van der Waals surface area contributed by atoms with Crippen LogP contribution in [0, 0.1) is 10.1 Å². The molecule has 0 bridgehead atoms. The van der Waals surface area contributed by atoms with Crippen molar-refractivity contribution in [3.63, 3.8) is 0 Å². The molecule has 0 spiro atoms. The van der Waals surface area contributed by atoms with Gasteiger partial charge in [0.15, 0.2) is 0 Å². The molecule has 0 atom stereocenters. The van der Waals surface area contributed by atoms with Crippen LogP contribution in [-0.4, -0.2) is 30.0 Å². The van der Waals surface area contributed by atoms with Crippen LogP contribution in [0.5, 0.6) is 0 Å². The number of nitro groups is 1. The van der Waals surface area contributed by atoms with Crippen molar-refractivity contribution in [1.82, 2.24) is 10.1 Å². The summed E-state index contributed by atoms with van der Waals surface area (Å²) >= 11 is 5.84. The van der Waals surface area contributed by atoms with Crippen LogP contribution in [0.1, 0.15) is 5.89 Å². The number of nitrogens with one attached hydrogen (secondary N) is 1. The SMILES string of the molecule is NS(=O)(=O)c1ccc(NCCc2nc(-c3ccc(Cl)cc3)no2)c([N+](=O)[O-])c1. The van der Waals surface area contributed by atoms with Gasteiger partial charge in [-0.15, -0.1) is 0 Å². The molecule has 146 valence electrons. The molecule has 1 aromatic heterocycles. The lowest BCUT2D eigenvalue weighted by molar-refractivity contribution is -0.384. The number of nitrogens with two attached hydrogens (primary N) is 1. The van der Waals surface area contributed by atoms with E-state index in [1.54, 1.807) is 24.3 Å². The van der Waals surface area contributed by atoms with Crippen molar-refractivity contribution in [3.8, 4) is 11.4 Å². The number of anilines is 1. The smallest absolute Gasteiger partial charge is 0.293 e. The predicted octanol–water partition coefficient (Wildman–Crippen LogP) is 2.60. The Balaban J connectivity index is 1.68.